The standard InChI is InChI=1S/C21H20N6O/c22-9-7-13-3-5-14(6-4-13)21-26-18-16-2-1-10-24-20(16)25-17-12-23-11-8-15(17)19(18)27(21)28/h1-2,8,10-14,28H,3-7H2,(H,24,25). The summed E-state index contributed by atoms with van der Waals surface area (Å²) in [6, 6.07) is 8.01. The highest BCUT2D eigenvalue weighted by molar-refractivity contribution is 5.94. The number of hydrogen-bond acceptors (Lipinski definition) is 6. The molecule has 0 atom stereocenters. The van der Waals surface area contributed by atoms with Crippen LogP contribution in [0.3, 0.4) is 0 Å². The van der Waals surface area contributed by atoms with E-state index in [0.717, 1.165) is 48.2 Å². The predicted molar refractivity (Wildman–Crippen MR) is 104 cm³/mol. The fourth-order valence-electron chi connectivity index (χ4n) is 4.40. The first kappa shape index (κ1) is 16.8. The van der Waals surface area contributed by atoms with Gasteiger partial charge >= 0.3 is 0 Å². The van der Waals surface area contributed by atoms with Gasteiger partial charge in [0.2, 0.25) is 0 Å². The van der Waals surface area contributed by atoms with Gasteiger partial charge in [0.25, 0.3) is 0 Å². The fourth-order valence-corrected chi connectivity index (χ4v) is 4.40. The molecule has 2 N–H and O–H groups in total. The maximum absolute atomic E-state index is 11.1. The molecule has 4 heterocycles. The molecular formula is C21H20N6O. The molecule has 0 radical (unpaired) electrons. The number of aromatic nitrogens is 4. The van der Waals surface area contributed by atoms with Crippen molar-refractivity contribution in [1.29, 1.82) is 5.26 Å². The normalized spacial score (nSPS) is 20.1. The zero-order chi connectivity index (χ0) is 19.1. The second kappa shape index (κ2) is 6.64. The van der Waals surface area contributed by atoms with Crippen molar-refractivity contribution >= 4 is 11.5 Å². The van der Waals surface area contributed by atoms with Crippen molar-refractivity contribution in [1.82, 2.24) is 19.7 Å². The number of rotatable bonds is 2. The monoisotopic (exact) mass is 372 g/mol. The molecule has 1 aliphatic heterocycles. The molecule has 0 aromatic carbocycles. The van der Waals surface area contributed by atoms with Crippen molar-refractivity contribution < 1.29 is 5.21 Å². The fraction of sp³-hybridized carbons (Fsp3) is 0.333. The van der Waals surface area contributed by atoms with E-state index in [9.17, 15) is 5.21 Å². The van der Waals surface area contributed by atoms with Gasteiger partial charge in [-0.05, 0) is 49.8 Å². The molecule has 1 saturated carbocycles. The maximum Gasteiger partial charge on any atom is 0.149 e. The SMILES string of the molecule is N#CCC1CCC(c2nc3c(n2O)-c2ccncc2Nc2ncccc2-3)CC1. The number of hydrogen-bond donors (Lipinski definition) is 2. The summed E-state index contributed by atoms with van der Waals surface area (Å²) in [5.41, 5.74) is 3.91. The average Bonchev–Trinajstić information content (AvgIpc) is 2.99. The van der Waals surface area contributed by atoms with Gasteiger partial charge in [-0.15, -0.1) is 0 Å². The van der Waals surface area contributed by atoms with E-state index in [1.807, 2.05) is 18.2 Å². The van der Waals surface area contributed by atoms with Crippen LogP contribution in [0, 0.1) is 17.2 Å². The third-order valence-corrected chi connectivity index (χ3v) is 5.86. The Labute approximate surface area is 162 Å². The first-order valence-corrected chi connectivity index (χ1v) is 9.62. The van der Waals surface area contributed by atoms with E-state index in [1.54, 1.807) is 18.6 Å². The summed E-state index contributed by atoms with van der Waals surface area (Å²) < 4.78 is 1.26. The van der Waals surface area contributed by atoms with E-state index >= 15 is 0 Å². The van der Waals surface area contributed by atoms with Crippen LogP contribution >= 0.6 is 0 Å². The number of nitriles is 1. The van der Waals surface area contributed by atoms with Crippen molar-refractivity contribution in [2.45, 2.75) is 38.0 Å². The number of anilines is 2. The molecule has 5 rings (SSSR count). The number of nitrogens with zero attached hydrogens (tertiary/aromatic N) is 5. The van der Waals surface area contributed by atoms with Crippen LogP contribution in [0.25, 0.3) is 22.5 Å². The van der Waals surface area contributed by atoms with Crippen molar-refractivity contribution in [3.05, 3.63) is 42.6 Å². The lowest BCUT2D eigenvalue weighted by atomic mass is 9.80. The van der Waals surface area contributed by atoms with E-state index in [0.29, 0.717) is 29.7 Å². The van der Waals surface area contributed by atoms with Crippen LogP contribution in [-0.4, -0.2) is 24.9 Å². The number of nitrogens with one attached hydrogen (secondary N) is 1. The molecule has 0 spiro atoms. The first-order chi connectivity index (χ1) is 13.8. The quantitative estimate of drug-likeness (QED) is 0.503. The molecule has 7 heteroatoms. The number of imidazole rings is 1. The lowest BCUT2D eigenvalue weighted by Gasteiger charge is -2.26. The van der Waals surface area contributed by atoms with Crippen LogP contribution in [0.5, 0.6) is 0 Å². The first-order valence-electron chi connectivity index (χ1n) is 9.62. The summed E-state index contributed by atoms with van der Waals surface area (Å²) in [4.78, 5) is 13.6. The van der Waals surface area contributed by atoms with E-state index in [2.05, 4.69) is 21.4 Å². The van der Waals surface area contributed by atoms with Crippen LogP contribution in [0.1, 0.15) is 43.8 Å². The van der Waals surface area contributed by atoms with E-state index < -0.39 is 0 Å². The Kier molecular flexibility index (Phi) is 3.97. The molecule has 28 heavy (non-hydrogen) atoms. The molecule has 1 aliphatic carbocycles. The Morgan fingerprint density at radius 1 is 1.18 bits per heavy atom. The van der Waals surface area contributed by atoms with Crippen molar-refractivity contribution in [3.8, 4) is 28.6 Å². The Morgan fingerprint density at radius 3 is 2.86 bits per heavy atom. The van der Waals surface area contributed by atoms with Gasteiger partial charge < -0.3 is 10.5 Å². The summed E-state index contributed by atoms with van der Waals surface area (Å²) in [7, 11) is 0. The van der Waals surface area contributed by atoms with E-state index in [4.69, 9.17) is 10.2 Å². The third kappa shape index (κ3) is 2.61. The third-order valence-electron chi connectivity index (χ3n) is 5.86. The van der Waals surface area contributed by atoms with Crippen LogP contribution < -0.4 is 5.32 Å². The number of fused-ring (bicyclic) bond motifs is 5. The second-order valence-corrected chi connectivity index (χ2v) is 7.50. The lowest BCUT2D eigenvalue weighted by Crippen LogP contribution is -2.16. The van der Waals surface area contributed by atoms with Crippen LogP contribution in [-0.2, 0) is 0 Å². The topological polar surface area (TPSA) is 99.7 Å². The predicted octanol–water partition coefficient (Wildman–Crippen LogP) is 4.49. The zero-order valence-electron chi connectivity index (χ0n) is 15.3. The van der Waals surface area contributed by atoms with Gasteiger partial charge in [-0.1, -0.05) is 0 Å². The highest BCUT2D eigenvalue weighted by Gasteiger charge is 2.32. The van der Waals surface area contributed by atoms with Gasteiger partial charge in [-0.3, -0.25) is 4.98 Å². The molecule has 140 valence electrons. The molecule has 0 bridgehead atoms. The van der Waals surface area contributed by atoms with Crippen molar-refractivity contribution in [3.63, 3.8) is 0 Å². The summed E-state index contributed by atoms with van der Waals surface area (Å²) in [6.45, 7) is 0. The second-order valence-electron chi connectivity index (χ2n) is 7.50. The minimum Gasteiger partial charge on any atom is -0.427 e. The molecule has 0 amide bonds. The summed E-state index contributed by atoms with van der Waals surface area (Å²) in [5.74, 6) is 2.05. The summed E-state index contributed by atoms with van der Waals surface area (Å²) in [6.07, 6.45) is 9.67. The Hall–Kier alpha value is -3.40. The smallest absolute Gasteiger partial charge is 0.149 e. The molecular weight excluding hydrogens is 352 g/mol. The Bertz CT molecular complexity index is 1070. The van der Waals surface area contributed by atoms with Gasteiger partial charge in [-0.2, -0.15) is 9.99 Å². The Balaban J connectivity index is 1.62. The molecule has 0 saturated heterocycles. The minimum absolute atomic E-state index is 0.185. The van der Waals surface area contributed by atoms with E-state index in [-0.39, 0.29) is 5.92 Å². The maximum atomic E-state index is 11.1. The summed E-state index contributed by atoms with van der Waals surface area (Å²) >= 11 is 0. The minimum atomic E-state index is 0.185. The van der Waals surface area contributed by atoms with Gasteiger partial charge in [-0.25, -0.2) is 9.97 Å². The van der Waals surface area contributed by atoms with Gasteiger partial charge in [0.15, 0.2) is 0 Å². The molecule has 3 aromatic rings. The average molecular weight is 372 g/mol. The lowest BCUT2D eigenvalue weighted by molar-refractivity contribution is 0.167. The molecule has 7 nitrogen and oxygen atoms in total. The van der Waals surface area contributed by atoms with Crippen LogP contribution in [0.15, 0.2) is 36.8 Å². The van der Waals surface area contributed by atoms with Gasteiger partial charge in [0.1, 0.15) is 23.0 Å². The highest BCUT2D eigenvalue weighted by atomic mass is 16.5. The largest absolute Gasteiger partial charge is 0.427 e. The molecule has 0 unspecified atom stereocenters. The van der Waals surface area contributed by atoms with Gasteiger partial charge in [0, 0.05) is 35.9 Å². The molecule has 1 fully saturated rings. The number of pyridine rings is 2. The van der Waals surface area contributed by atoms with Crippen molar-refractivity contribution in [2.75, 3.05) is 5.32 Å². The summed E-state index contributed by atoms with van der Waals surface area (Å²) in [5, 5.41) is 23.4. The van der Waals surface area contributed by atoms with E-state index in [1.165, 1.54) is 4.73 Å². The Morgan fingerprint density at radius 2 is 2.04 bits per heavy atom. The highest BCUT2D eigenvalue weighted by Crippen LogP contribution is 2.45. The van der Waals surface area contributed by atoms with Crippen molar-refractivity contribution in [2.24, 2.45) is 5.92 Å². The van der Waals surface area contributed by atoms with Gasteiger partial charge in [0.05, 0.1) is 18.0 Å². The zero-order valence-corrected chi connectivity index (χ0v) is 15.3. The molecule has 2 aliphatic rings. The molecule has 3 aromatic heterocycles. The van der Waals surface area contributed by atoms with Crippen LogP contribution in [0.2, 0.25) is 0 Å². The van der Waals surface area contributed by atoms with Crippen LogP contribution in [0.4, 0.5) is 11.5 Å².